The number of carboxylic acid groups (broad SMARTS) is 1. The highest BCUT2D eigenvalue weighted by Crippen LogP contribution is 2.52. The number of hydrogen-bond donors (Lipinski definition) is 3. The van der Waals surface area contributed by atoms with E-state index in [-0.39, 0.29) is 52.2 Å². The lowest BCUT2D eigenvalue weighted by Crippen LogP contribution is -2.48. The quantitative estimate of drug-likeness (QED) is 0.128. The van der Waals surface area contributed by atoms with Gasteiger partial charge in [0.1, 0.15) is 6.04 Å². The summed E-state index contributed by atoms with van der Waals surface area (Å²) in [5.74, 6) is 5.92. The van der Waals surface area contributed by atoms with Gasteiger partial charge in [-0.1, -0.05) is 13.3 Å². The van der Waals surface area contributed by atoms with E-state index >= 15 is 0 Å². The molecule has 0 heterocycles. The lowest BCUT2D eigenvalue weighted by atomic mass is 10.1. The van der Waals surface area contributed by atoms with Crippen molar-refractivity contribution in [2.75, 3.05) is 46.2 Å². The van der Waals surface area contributed by atoms with Crippen LogP contribution in [0.15, 0.2) is 0 Å². The Balaban J connectivity index is 1.71. The maximum absolute atomic E-state index is 12.7. The molecule has 0 aromatic rings. The van der Waals surface area contributed by atoms with E-state index in [2.05, 4.69) is 22.5 Å². The fourth-order valence-corrected chi connectivity index (χ4v) is 4.42. The molecule has 2 aliphatic carbocycles. The van der Waals surface area contributed by atoms with Gasteiger partial charge in [-0.2, -0.15) is 0 Å². The van der Waals surface area contributed by atoms with Gasteiger partial charge in [-0.05, 0) is 43.4 Å². The average molecular weight is 539 g/mol. The number of carboxylic acids is 1. The third-order valence-electron chi connectivity index (χ3n) is 6.63. The number of alkyl carbamates (subject to hydrolysis) is 1. The molecule has 4 atom stereocenters. The zero-order valence-electron chi connectivity index (χ0n) is 22.3. The molecular formula is C27H42N2O9. The highest BCUT2D eigenvalue weighted by Gasteiger charge is 2.49. The molecule has 3 N–H and O–H groups in total. The van der Waals surface area contributed by atoms with Crippen LogP contribution in [-0.2, 0) is 33.3 Å². The number of esters is 1. The highest BCUT2D eigenvalue weighted by atomic mass is 16.6. The van der Waals surface area contributed by atoms with E-state index in [4.69, 9.17) is 24.1 Å². The second-order valence-corrected chi connectivity index (χ2v) is 9.49. The third-order valence-corrected chi connectivity index (χ3v) is 6.63. The first kappa shape index (κ1) is 31.4. The van der Waals surface area contributed by atoms with Gasteiger partial charge >= 0.3 is 18.0 Å². The van der Waals surface area contributed by atoms with Gasteiger partial charge in [0.05, 0.1) is 46.1 Å². The Hall–Kier alpha value is -2.84. The van der Waals surface area contributed by atoms with Crippen molar-refractivity contribution in [2.24, 2.45) is 17.8 Å². The number of unbranched alkanes of at least 4 members (excludes halogenated alkanes) is 1. The van der Waals surface area contributed by atoms with Crippen LogP contribution in [0.1, 0.15) is 64.7 Å². The van der Waals surface area contributed by atoms with Crippen molar-refractivity contribution in [1.82, 2.24) is 10.6 Å². The van der Waals surface area contributed by atoms with Crippen LogP contribution < -0.4 is 10.6 Å². The molecule has 0 aliphatic heterocycles. The second kappa shape index (κ2) is 18.4. The summed E-state index contributed by atoms with van der Waals surface area (Å²) in [5.41, 5.74) is 0. The standard InChI is InChI=1S/C27H42N2O9/c1-2-3-14-37-25(32)11-10-23(26(33)28-13-16-36-18-17-35-15-12-24(30)31)29-27(34)38-19-22-20-8-6-4-5-7-9-21(20)22/h20-23H,2-3,6-19H2,1H3,(H,28,33)(H,29,34)(H,30,31)/t20-,21+,22?,23?. The number of amides is 2. The molecule has 0 aromatic carbocycles. The largest absolute Gasteiger partial charge is 0.481 e. The number of carbonyl (C=O) groups excluding carboxylic acids is 3. The normalized spacial score (nSPS) is 20.4. The number of nitrogens with one attached hydrogen (secondary N) is 2. The van der Waals surface area contributed by atoms with Crippen LogP contribution in [0.3, 0.4) is 0 Å². The van der Waals surface area contributed by atoms with Crippen LogP contribution in [0.25, 0.3) is 0 Å². The monoisotopic (exact) mass is 538 g/mol. The summed E-state index contributed by atoms with van der Waals surface area (Å²) in [4.78, 5) is 47.7. The molecule has 0 saturated heterocycles. The lowest BCUT2D eigenvalue weighted by molar-refractivity contribution is -0.144. The van der Waals surface area contributed by atoms with Crippen molar-refractivity contribution in [2.45, 2.75) is 70.8 Å². The van der Waals surface area contributed by atoms with Crippen LogP contribution in [0, 0.1) is 29.6 Å². The Morgan fingerprint density at radius 3 is 2.26 bits per heavy atom. The molecule has 1 saturated carbocycles. The Morgan fingerprint density at radius 1 is 0.921 bits per heavy atom. The minimum atomic E-state index is -0.957. The topological polar surface area (TPSA) is 149 Å². The van der Waals surface area contributed by atoms with Crippen molar-refractivity contribution in [3.05, 3.63) is 0 Å². The van der Waals surface area contributed by atoms with Crippen LogP contribution >= 0.6 is 0 Å². The third kappa shape index (κ3) is 13.1. The van der Waals surface area contributed by atoms with Gasteiger partial charge < -0.3 is 34.7 Å². The Morgan fingerprint density at radius 2 is 1.61 bits per heavy atom. The maximum Gasteiger partial charge on any atom is 0.407 e. The first-order valence-electron chi connectivity index (χ1n) is 13.6. The molecule has 38 heavy (non-hydrogen) atoms. The first-order chi connectivity index (χ1) is 18.4. The predicted octanol–water partition coefficient (Wildman–Crippen LogP) is 2.27. The fourth-order valence-electron chi connectivity index (χ4n) is 4.42. The number of carbonyl (C=O) groups is 4. The van der Waals surface area contributed by atoms with E-state index in [0.717, 1.165) is 38.5 Å². The minimum absolute atomic E-state index is 0.0148. The number of hydrogen-bond acceptors (Lipinski definition) is 8. The molecular weight excluding hydrogens is 496 g/mol. The summed E-state index contributed by atoms with van der Waals surface area (Å²) >= 11 is 0. The summed E-state index contributed by atoms with van der Waals surface area (Å²) in [6, 6.07) is -0.957. The van der Waals surface area contributed by atoms with Gasteiger partial charge in [-0.25, -0.2) is 4.79 Å². The zero-order valence-corrected chi connectivity index (χ0v) is 22.3. The summed E-state index contributed by atoms with van der Waals surface area (Å²) in [6.07, 6.45) is 4.77. The van der Waals surface area contributed by atoms with Gasteiger partial charge in [-0.15, -0.1) is 11.8 Å². The number of aliphatic carboxylic acids is 1. The molecule has 1 fully saturated rings. The summed E-state index contributed by atoms with van der Waals surface area (Å²) < 4.78 is 21.1. The van der Waals surface area contributed by atoms with Crippen LogP contribution in [0.5, 0.6) is 0 Å². The molecule has 11 nitrogen and oxygen atoms in total. The smallest absolute Gasteiger partial charge is 0.407 e. The van der Waals surface area contributed by atoms with E-state index in [1.165, 1.54) is 0 Å². The highest BCUT2D eigenvalue weighted by molar-refractivity contribution is 5.86. The van der Waals surface area contributed by atoms with Crippen molar-refractivity contribution in [3.8, 4) is 11.8 Å². The van der Waals surface area contributed by atoms with E-state index in [9.17, 15) is 19.2 Å². The molecule has 0 bridgehead atoms. The average Bonchev–Trinajstić information content (AvgIpc) is 3.52. The summed E-state index contributed by atoms with van der Waals surface area (Å²) in [5, 5.41) is 13.9. The van der Waals surface area contributed by atoms with Gasteiger partial charge in [0.25, 0.3) is 0 Å². The lowest BCUT2D eigenvalue weighted by Gasteiger charge is -2.18. The molecule has 214 valence electrons. The molecule has 2 aliphatic rings. The fraction of sp³-hybridized carbons (Fsp3) is 0.778. The summed E-state index contributed by atoms with van der Waals surface area (Å²) in [6.45, 7) is 3.62. The molecule has 0 spiro atoms. The minimum Gasteiger partial charge on any atom is -0.481 e. The van der Waals surface area contributed by atoms with Crippen LogP contribution in [0.4, 0.5) is 4.79 Å². The van der Waals surface area contributed by atoms with Crippen molar-refractivity contribution in [3.63, 3.8) is 0 Å². The molecule has 2 unspecified atom stereocenters. The summed E-state index contributed by atoms with van der Waals surface area (Å²) in [7, 11) is 0. The zero-order chi connectivity index (χ0) is 27.6. The van der Waals surface area contributed by atoms with Crippen molar-refractivity contribution >= 4 is 23.9 Å². The van der Waals surface area contributed by atoms with E-state index in [1.54, 1.807) is 0 Å². The van der Waals surface area contributed by atoms with E-state index in [0.29, 0.717) is 31.0 Å². The molecule has 11 heteroatoms. The van der Waals surface area contributed by atoms with Gasteiger partial charge in [0.2, 0.25) is 5.91 Å². The molecule has 0 radical (unpaired) electrons. The Labute approximate surface area is 224 Å². The Kier molecular flexibility index (Phi) is 15.2. The van der Waals surface area contributed by atoms with E-state index in [1.807, 2.05) is 6.92 Å². The molecule has 2 amide bonds. The molecule has 0 aromatic heterocycles. The van der Waals surface area contributed by atoms with Crippen LogP contribution in [0.2, 0.25) is 0 Å². The number of rotatable bonds is 19. The molecule has 2 rings (SSSR count). The van der Waals surface area contributed by atoms with Gasteiger partial charge in [0.15, 0.2) is 0 Å². The van der Waals surface area contributed by atoms with Gasteiger partial charge in [0, 0.05) is 25.8 Å². The number of ether oxygens (including phenoxy) is 4. The SMILES string of the molecule is CCCCOC(=O)CCC(NC(=O)OCC1[C@H]2CCC#CCC[C@@H]12)C(=O)NCCOCCOCCC(=O)O. The van der Waals surface area contributed by atoms with Crippen molar-refractivity contribution < 1.29 is 43.2 Å². The second-order valence-electron chi connectivity index (χ2n) is 9.49. The number of fused-ring (bicyclic) bond motifs is 1. The van der Waals surface area contributed by atoms with Gasteiger partial charge in [-0.3, -0.25) is 14.4 Å². The Bertz CT molecular complexity index is 805. The van der Waals surface area contributed by atoms with Crippen molar-refractivity contribution in [1.29, 1.82) is 0 Å². The van der Waals surface area contributed by atoms with E-state index < -0.39 is 30.0 Å². The maximum atomic E-state index is 12.7. The van der Waals surface area contributed by atoms with Crippen LogP contribution in [-0.4, -0.2) is 81.3 Å². The predicted molar refractivity (Wildman–Crippen MR) is 137 cm³/mol. The first-order valence-corrected chi connectivity index (χ1v) is 13.6.